The van der Waals surface area contributed by atoms with Crippen LogP contribution < -0.4 is 0 Å². The minimum Gasteiger partial charge on any atom is -0.207 e. The van der Waals surface area contributed by atoms with Gasteiger partial charge in [0.05, 0.1) is 21.4 Å². The summed E-state index contributed by atoms with van der Waals surface area (Å²) in [5, 5.41) is 8.84. The van der Waals surface area contributed by atoms with Crippen molar-refractivity contribution in [1.29, 1.82) is 5.26 Å². The third kappa shape index (κ3) is 3.82. The van der Waals surface area contributed by atoms with Crippen LogP contribution in [0.25, 0.3) is 0 Å². The molecule has 0 spiro atoms. The molecule has 0 atom stereocenters. The fourth-order valence-electron chi connectivity index (χ4n) is 3.13. The highest BCUT2D eigenvalue weighted by molar-refractivity contribution is 7.89. The number of hydrogen-bond donors (Lipinski definition) is 0. The van der Waals surface area contributed by atoms with Crippen LogP contribution in [0, 0.1) is 25.2 Å². The van der Waals surface area contributed by atoms with E-state index in [1.807, 2.05) is 19.1 Å². The lowest BCUT2D eigenvalue weighted by Crippen LogP contribution is -2.50. The summed E-state index contributed by atoms with van der Waals surface area (Å²) in [6, 6.07) is 12.9. The van der Waals surface area contributed by atoms with Gasteiger partial charge in [0, 0.05) is 26.2 Å². The average molecular weight is 420 g/mol. The topological polar surface area (TPSA) is 98.6 Å². The van der Waals surface area contributed by atoms with Gasteiger partial charge in [-0.3, -0.25) is 0 Å². The average Bonchev–Trinajstić information content (AvgIpc) is 2.70. The predicted octanol–water partition coefficient (Wildman–Crippen LogP) is 1.87. The van der Waals surface area contributed by atoms with E-state index in [1.165, 1.54) is 32.9 Å². The summed E-state index contributed by atoms with van der Waals surface area (Å²) in [4.78, 5) is 0.355. The Hall–Kier alpha value is -2.25. The van der Waals surface area contributed by atoms with Crippen LogP contribution in [0.4, 0.5) is 0 Å². The van der Waals surface area contributed by atoms with Crippen molar-refractivity contribution in [3.8, 4) is 6.07 Å². The van der Waals surface area contributed by atoms with Gasteiger partial charge in [0.2, 0.25) is 20.0 Å². The largest absolute Gasteiger partial charge is 0.243 e. The van der Waals surface area contributed by atoms with Gasteiger partial charge in [0.15, 0.2) is 0 Å². The number of nitriles is 1. The van der Waals surface area contributed by atoms with E-state index in [9.17, 15) is 16.8 Å². The number of benzene rings is 2. The summed E-state index contributed by atoms with van der Waals surface area (Å²) >= 11 is 0. The highest BCUT2D eigenvalue weighted by atomic mass is 32.2. The van der Waals surface area contributed by atoms with Crippen LogP contribution in [0.5, 0.6) is 0 Å². The van der Waals surface area contributed by atoms with Crippen molar-refractivity contribution < 1.29 is 16.8 Å². The van der Waals surface area contributed by atoms with Crippen molar-refractivity contribution in [2.75, 3.05) is 26.2 Å². The van der Waals surface area contributed by atoms with E-state index < -0.39 is 20.0 Å². The second-order valence-electron chi connectivity index (χ2n) is 6.71. The lowest BCUT2D eigenvalue weighted by atomic mass is 10.2. The number of rotatable bonds is 4. The van der Waals surface area contributed by atoms with E-state index in [0.717, 1.165) is 5.56 Å². The molecule has 0 N–H and O–H groups in total. The summed E-state index contributed by atoms with van der Waals surface area (Å²) in [5.41, 5.74) is 1.90. The van der Waals surface area contributed by atoms with Gasteiger partial charge >= 0.3 is 0 Å². The summed E-state index contributed by atoms with van der Waals surface area (Å²) in [6.07, 6.45) is 0. The minimum atomic E-state index is -3.73. The summed E-state index contributed by atoms with van der Waals surface area (Å²) in [6.45, 7) is 3.91. The number of nitrogens with zero attached hydrogens (tertiary/aromatic N) is 3. The molecular weight excluding hydrogens is 398 g/mol. The SMILES string of the molecule is Cc1ccc(C)c(S(=O)(=O)N2CCN(S(=O)(=O)c3ccc(C#N)cc3)CC2)c1. The van der Waals surface area contributed by atoms with Crippen LogP contribution in [0.15, 0.2) is 52.3 Å². The Morgan fingerprint density at radius 3 is 1.89 bits per heavy atom. The maximum atomic E-state index is 13.0. The molecule has 3 rings (SSSR count). The van der Waals surface area contributed by atoms with Gasteiger partial charge in [-0.25, -0.2) is 16.8 Å². The molecule has 0 bridgehead atoms. The monoisotopic (exact) mass is 419 g/mol. The van der Waals surface area contributed by atoms with Crippen LogP contribution in [-0.4, -0.2) is 51.6 Å². The minimum absolute atomic E-state index is 0.0758. The number of hydrogen-bond acceptors (Lipinski definition) is 5. The zero-order valence-electron chi connectivity index (χ0n) is 15.7. The van der Waals surface area contributed by atoms with Gasteiger partial charge in [-0.15, -0.1) is 0 Å². The van der Waals surface area contributed by atoms with Crippen LogP contribution in [0.2, 0.25) is 0 Å². The summed E-state index contributed by atoms with van der Waals surface area (Å²) < 4.78 is 54.2. The molecular formula is C19H21N3O4S2. The Morgan fingerprint density at radius 2 is 1.36 bits per heavy atom. The molecule has 0 unspecified atom stereocenters. The zero-order chi connectivity index (χ0) is 20.5. The molecule has 0 aliphatic carbocycles. The van der Waals surface area contributed by atoms with Gasteiger partial charge in [-0.1, -0.05) is 12.1 Å². The highest BCUT2D eigenvalue weighted by Gasteiger charge is 2.34. The first kappa shape index (κ1) is 20.5. The van der Waals surface area contributed by atoms with E-state index in [0.29, 0.717) is 11.1 Å². The lowest BCUT2D eigenvalue weighted by Gasteiger charge is -2.33. The Kier molecular flexibility index (Phi) is 5.59. The molecule has 2 aromatic rings. The van der Waals surface area contributed by atoms with E-state index in [4.69, 9.17) is 5.26 Å². The summed E-state index contributed by atoms with van der Waals surface area (Å²) in [5.74, 6) is 0. The van der Waals surface area contributed by atoms with Crippen LogP contribution in [-0.2, 0) is 20.0 Å². The molecule has 1 heterocycles. The van der Waals surface area contributed by atoms with Gasteiger partial charge < -0.3 is 0 Å². The molecule has 7 nitrogen and oxygen atoms in total. The van der Waals surface area contributed by atoms with E-state index in [2.05, 4.69) is 0 Å². The van der Waals surface area contributed by atoms with E-state index in [-0.39, 0.29) is 36.0 Å². The molecule has 1 aliphatic rings. The molecule has 148 valence electrons. The third-order valence-corrected chi connectivity index (χ3v) is 8.73. The third-order valence-electron chi connectivity index (χ3n) is 4.78. The van der Waals surface area contributed by atoms with Crippen molar-refractivity contribution in [2.24, 2.45) is 0 Å². The predicted molar refractivity (Wildman–Crippen MR) is 105 cm³/mol. The second-order valence-corrected chi connectivity index (χ2v) is 10.6. The highest BCUT2D eigenvalue weighted by Crippen LogP contribution is 2.24. The van der Waals surface area contributed by atoms with Gasteiger partial charge in [-0.05, 0) is 55.3 Å². The fraction of sp³-hybridized carbons (Fsp3) is 0.316. The Bertz CT molecular complexity index is 1130. The Balaban J connectivity index is 1.78. The molecule has 2 aromatic carbocycles. The van der Waals surface area contributed by atoms with E-state index >= 15 is 0 Å². The maximum Gasteiger partial charge on any atom is 0.243 e. The molecule has 0 amide bonds. The Labute approximate surface area is 165 Å². The van der Waals surface area contributed by atoms with Crippen LogP contribution in [0.3, 0.4) is 0 Å². The molecule has 0 saturated carbocycles. The Morgan fingerprint density at radius 1 is 0.821 bits per heavy atom. The van der Waals surface area contributed by atoms with Crippen molar-refractivity contribution in [2.45, 2.75) is 23.6 Å². The summed E-state index contributed by atoms with van der Waals surface area (Å²) in [7, 11) is -7.41. The first-order valence-electron chi connectivity index (χ1n) is 8.74. The van der Waals surface area contributed by atoms with Gasteiger partial charge in [-0.2, -0.15) is 13.9 Å². The van der Waals surface area contributed by atoms with Crippen molar-refractivity contribution in [1.82, 2.24) is 8.61 Å². The molecule has 1 saturated heterocycles. The zero-order valence-corrected chi connectivity index (χ0v) is 17.3. The fourth-order valence-corrected chi connectivity index (χ4v) is 6.28. The molecule has 0 aromatic heterocycles. The second kappa shape index (κ2) is 7.64. The standard InChI is InChI=1S/C19H21N3O4S2/c1-15-3-4-16(2)19(13-15)28(25,26)22-11-9-21(10-12-22)27(23,24)18-7-5-17(14-20)6-8-18/h3-8,13H,9-12H2,1-2H3. The van der Waals surface area contributed by atoms with Gasteiger partial charge in [0.25, 0.3) is 0 Å². The van der Waals surface area contributed by atoms with Crippen molar-refractivity contribution in [3.05, 3.63) is 59.2 Å². The van der Waals surface area contributed by atoms with Crippen molar-refractivity contribution >= 4 is 20.0 Å². The van der Waals surface area contributed by atoms with Gasteiger partial charge in [0.1, 0.15) is 0 Å². The molecule has 28 heavy (non-hydrogen) atoms. The maximum absolute atomic E-state index is 13.0. The van der Waals surface area contributed by atoms with Crippen LogP contribution in [0.1, 0.15) is 16.7 Å². The lowest BCUT2D eigenvalue weighted by molar-refractivity contribution is 0.272. The number of piperazine rings is 1. The number of sulfonamides is 2. The first-order chi connectivity index (χ1) is 13.2. The smallest absolute Gasteiger partial charge is 0.207 e. The van der Waals surface area contributed by atoms with E-state index in [1.54, 1.807) is 19.1 Å². The molecule has 1 fully saturated rings. The molecule has 0 radical (unpaired) electrons. The van der Waals surface area contributed by atoms with Crippen molar-refractivity contribution in [3.63, 3.8) is 0 Å². The normalized spacial score (nSPS) is 16.6. The van der Waals surface area contributed by atoms with Crippen LogP contribution >= 0.6 is 0 Å². The molecule has 9 heteroatoms. The first-order valence-corrected chi connectivity index (χ1v) is 11.6. The quantitative estimate of drug-likeness (QED) is 0.753. The molecule has 1 aliphatic heterocycles. The number of aryl methyl sites for hydroxylation is 2.